The van der Waals surface area contributed by atoms with E-state index in [0.29, 0.717) is 12.4 Å². The molecule has 0 aromatic carbocycles. The standard InChI is InChI=1S/C16H16N4O3S/c1-8-17-15-13(9-6-16(2,3)23-7-10(9)24-15)14-18-11(19-20(8)14)4-5-12(21)22/h4-5H,6-7H2,1-3H3,(H,21,22)/b5-4-. The van der Waals surface area contributed by atoms with E-state index in [1.165, 1.54) is 16.5 Å². The van der Waals surface area contributed by atoms with Gasteiger partial charge < -0.3 is 9.84 Å². The van der Waals surface area contributed by atoms with Gasteiger partial charge in [-0.1, -0.05) is 0 Å². The second kappa shape index (κ2) is 5.09. The number of carboxylic acids is 1. The lowest BCUT2D eigenvalue weighted by molar-refractivity contribution is -0.131. The van der Waals surface area contributed by atoms with Crippen LogP contribution in [0.15, 0.2) is 6.08 Å². The van der Waals surface area contributed by atoms with E-state index < -0.39 is 5.97 Å². The van der Waals surface area contributed by atoms with Crippen molar-refractivity contribution in [2.75, 3.05) is 0 Å². The molecule has 0 saturated heterocycles. The van der Waals surface area contributed by atoms with Crippen molar-refractivity contribution < 1.29 is 14.6 Å². The van der Waals surface area contributed by atoms with Gasteiger partial charge in [0.25, 0.3) is 0 Å². The molecule has 124 valence electrons. The quantitative estimate of drug-likeness (QED) is 0.719. The predicted octanol–water partition coefficient (Wildman–Crippen LogP) is 2.60. The molecule has 0 saturated carbocycles. The molecule has 4 rings (SSSR count). The zero-order valence-electron chi connectivity index (χ0n) is 13.5. The van der Waals surface area contributed by atoms with Crippen molar-refractivity contribution in [1.29, 1.82) is 0 Å². The van der Waals surface area contributed by atoms with Crippen molar-refractivity contribution in [2.24, 2.45) is 0 Å². The number of fused-ring (bicyclic) bond motifs is 5. The Balaban J connectivity index is 1.99. The Bertz CT molecular complexity index is 1020. The van der Waals surface area contributed by atoms with E-state index >= 15 is 0 Å². The average Bonchev–Trinajstić information content (AvgIpc) is 3.05. The zero-order valence-corrected chi connectivity index (χ0v) is 14.3. The monoisotopic (exact) mass is 344 g/mol. The second-order valence-corrected chi connectivity index (χ2v) is 7.53. The summed E-state index contributed by atoms with van der Waals surface area (Å²) in [6.07, 6.45) is 3.22. The molecule has 3 aromatic heterocycles. The maximum Gasteiger partial charge on any atom is 0.328 e. The normalized spacial score (nSPS) is 17.0. The zero-order chi connectivity index (χ0) is 17.1. The number of carbonyl (C=O) groups is 1. The van der Waals surface area contributed by atoms with Crippen molar-refractivity contribution >= 4 is 39.2 Å². The third kappa shape index (κ3) is 2.38. The predicted molar refractivity (Wildman–Crippen MR) is 90.1 cm³/mol. The number of hydrogen-bond acceptors (Lipinski definition) is 6. The van der Waals surface area contributed by atoms with E-state index in [1.54, 1.807) is 15.9 Å². The van der Waals surface area contributed by atoms with E-state index in [1.807, 2.05) is 6.92 Å². The molecular formula is C16H16N4O3S. The highest BCUT2D eigenvalue weighted by Crippen LogP contribution is 2.39. The molecule has 0 unspecified atom stereocenters. The molecule has 1 aliphatic heterocycles. The van der Waals surface area contributed by atoms with Gasteiger partial charge in [-0.2, -0.15) is 4.52 Å². The van der Waals surface area contributed by atoms with Gasteiger partial charge in [0.15, 0.2) is 11.5 Å². The van der Waals surface area contributed by atoms with E-state index in [2.05, 4.69) is 28.9 Å². The Hall–Kier alpha value is -2.32. The summed E-state index contributed by atoms with van der Waals surface area (Å²) in [5.74, 6) is 0.0560. The van der Waals surface area contributed by atoms with Crippen molar-refractivity contribution in [3.05, 3.63) is 28.2 Å². The van der Waals surface area contributed by atoms with Gasteiger partial charge in [0.05, 0.1) is 17.6 Å². The fourth-order valence-electron chi connectivity index (χ4n) is 2.97. The lowest BCUT2D eigenvalue weighted by Gasteiger charge is -2.30. The highest BCUT2D eigenvalue weighted by atomic mass is 32.1. The molecule has 0 bridgehead atoms. The Labute approximate surface area is 141 Å². The van der Waals surface area contributed by atoms with Crippen LogP contribution in [0.1, 0.15) is 35.9 Å². The Kier molecular flexibility index (Phi) is 3.23. The van der Waals surface area contributed by atoms with Crippen LogP contribution in [0.5, 0.6) is 0 Å². The number of aromatic nitrogens is 4. The first-order valence-corrected chi connectivity index (χ1v) is 8.38. The Morgan fingerprint density at radius 3 is 2.96 bits per heavy atom. The van der Waals surface area contributed by atoms with Crippen LogP contribution in [0.4, 0.5) is 0 Å². The lowest BCUT2D eigenvalue weighted by Crippen LogP contribution is -2.31. The van der Waals surface area contributed by atoms with Gasteiger partial charge in [0.1, 0.15) is 10.7 Å². The van der Waals surface area contributed by atoms with Crippen LogP contribution in [-0.2, 0) is 22.6 Å². The molecule has 1 N–H and O–H groups in total. The molecule has 4 heterocycles. The van der Waals surface area contributed by atoms with Crippen LogP contribution in [0, 0.1) is 6.92 Å². The van der Waals surface area contributed by atoms with Crippen LogP contribution in [0.2, 0.25) is 0 Å². The smallest absolute Gasteiger partial charge is 0.328 e. The number of nitrogens with zero attached hydrogens (tertiary/aromatic N) is 4. The largest absolute Gasteiger partial charge is 0.478 e. The summed E-state index contributed by atoms with van der Waals surface area (Å²) in [7, 11) is 0. The first-order valence-electron chi connectivity index (χ1n) is 7.57. The van der Waals surface area contributed by atoms with Crippen LogP contribution in [0.25, 0.3) is 21.9 Å². The molecule has 1 aliphatic rings. The number of ether oxygens (including phenoxy) is 1. The molecule has 0 amide bonds. The minimum Gasteiger partial charge on any atom is -0.478 e. The van der Waals surface area contributed by atoms with Gasteiger partial charge in [0.2, 0.25) is 0 Å². The summed E-state index contributed by atoms with van der Waals surface area (Å²) in [5, 5.41) is 14.1. The van der Waals surface area contributed by atoms with Crippen LogP contribution >= 0.6 is 11.3 Å². The molecule has 0 fully saturated rings. The Morgan fingerprint density at radius 2 is 2.21 bits per heavy atom. The summed E-state index contributed by atoms with van der Waals surface area (Å²) >= 11 is 1.63. The van der Waals surface area contributed by atoms with Crippen LogP contribution < -0.4 is 0 Å². The maximum atomic E-state index is 10.7. The highest BCUT2D eigenvalue weighted by Gasteiger charge is 2.31. The summed E-state index contributed by atoms with van der Waals surface area (Å²) in [4.78, 5) is 22.0. The molecular weight excluding hydrogens is 328 g/mol. The molecule has 7 nitrogen and oxygen atoms in total. The van der Waals surface area contributed by atoms with Gasteiger partial charge in [-0.3, -0.25) is 0 Å². The fourth-order valence-corrected chi connectivity index (χ4v) is 4.12. The Morgan fingerprint density at radius 1 is 1.42 bits per heavy atom. The molecule has 8 heteroatoms. The molecule has 0 atom stereocenters. The van der Waals surface area contributed by atoms with E-state index in [-0.39, 0.29) is 5.60 Å². The van der Waals surface area contributed by atoms with Gasteiger partial charge in [-0.05, 0) is 32.4 Å². The number of rotatable bonds is 2. The van der Waals surface area contributed by atoms with E-state index in [9.17, 15) is 4.79 Å². The van der Waals surface area contributed by atoms with Crippen molar-refractivity contribution in [1.82, 2.24) is 19.6 Å². The van der Waals surface area contributed by atoms with Gasteiger partial charge in [-0.15, -0.1) is 16.4 Å². The summed E-state index contributed by atoms with van der Waals surface area (Å²) in [6.45, 7) is 6.59. The SMILES string of the molecule is Cc1nc2sc3c(c2c2nc(/C=C\C(=O)O)nn12)CC(C)(C)OC3. The van der Waals surface area contributed by atoms with E-state index in [4.69, 9.17) is 9.84 Å². The third-order valence-corrected chi connectivity index (χ3v) is 5.16. The summed E-state index contributed by atoms with van der Waals surface area (Å²) in [6, 6.07) is 0. The van der Waals surface area contributed by atoms with Gasteiger partial charge >= 0.3 is 5.97 Å². The van der Waals surface area contributed by atoms with Crippen molar-refractivity contribution in [3.63, 3.8) is 0 Å². The molecule has 24 heavy (non-hydrogen) atoms. The minimum atomic E-state index is -1.03. The first-order chi connectivity index (χ1) is 11.3. The molecule has 0 aliphatic carbocycles. The fraction of sp³-hybridized carbons (Fsp3) is 0.375. The van der Waals surface area contributed by atoms with Crippen molar-refractivity contribution in [3.8, 4) is 0 Å². The highest BCUT2D eigenvalue weighted by molar-refractivity contribution is 7.19. The topological polar surface area (TPSA) is 89.6 Å². The van der Waals surface area contributed by atoms with Gasteiger partial charge in [-0.25, -0.2) is 14.8 Å². The molecule has 3 aromatic rings. The second-order valence-electron chi connectivity index (χ2n) is 6.45. The minimum absolute atomic E-state index is 0.227. The number of aryl methyl sites for hydroxylation is 1. The molecule has 0 spiro atoms. The average molecular weight is 344 g/mol. The van der Waals surface area contributed by atoms with E-state index in [0.717, 1.165) is 34.2 Å². The molecule has 0 radical (unpaired) electrons. The van der Waals surface area contributed by atoms with Crippen molar-refractivity contribution in [2.45, 2.75) is 39.4 Å². The third-order valence-electron chi connectivity index (χ3n) is 4.06. The number of aliphatic carboxylic acids is 1. The number of carboxylic acid groups (broad SMARTS) is 1. The summed E-state index contributed by atoms with van der Waals surface area (Å²) < 4.78 is 7.58. The van der Waals surface area contributed by atoms with Gasteiger partial charge in [0, 0.05) is 17.4 Å². The first kappa shape index (κ1) is 15.2. The maximum absolute atomic E-state index is 10.7. The number of thiophene rings is 1. The van der Waals surface area contributed by atoms with Crippen LogP contribution in [-0.4, -0.2) is 36.3 Å². The number of hydrogen-bond donors (Lipinski definition) is 1. The summed E-state index contributed by atoms with van der Waals surface area (Å²) in [5.41, 5.74) is 1.71. The van der Waals surface area contributed by atoms with Crippen LogP contribution in [0.3, 0.4) is 0 Å². The lowest BCUT2D eigenvalue weighted by atomic mass is 9.94.